The zero-order valence-corrected chi connectivity index (χ0v) is 11.6. The van der Waals surface area contributed by atoms with Crippen LogP contribution in [-0.2, 0) is 9.59 Å². The van der Waals surface area contributed by atoms with E-state index in [0.29, 0.717) is 22.6 Å². The molecule has 1 aromatic rings. The Labute approximate surface area is 116 Å². The normalized spacial score (nSPS) is 19.7. The van der Waals surface area contributed by atoms with Gasteiger partial charge in [-0.3, -0.25) is 14.9 Å². The molecule has 102 valence electrons. The summed E-state index contributed by atoms with van der Waals surface area (Å²) >= 11 is 6.09. The average Bonchev–Trinajstić information content (AvgIpc) is 2.26. The molecule has 1 aliphatic heterocycles. The van der Waals surface area contributed by atoms with Gasteiger partial charge in [-0.25, -0.2) is 4.39 Å². The molecule has 5 heteroatoms. The van der Waals surface area contributed by atoms with Crippen LogP contribution in [-0.4, -0.2) is 11.8 Å². The van der Waals surface area contributed by atoms with E-state index >= 15 is 0 Å². The topological polar surface area (TPSA) is 46.2 Å². The predicted molar refractivity (Wildman–Crippen MR) is 70.6 cm³/mol. The summed E-state index contributed by atoms with van der Waals surface area (Å²) in [7, 11) is 0. The van der Waals surface area contributed by atoms with Crippen LogP contribution in [0.25, 0.3) is 0 Å². The Kier molecular flexibility index (Phi) is 3.90. The number of hydrogen-bond acceptors (Lipinski definition) is 2. The lowest BCUT2D eigenvalue weighted by atomic mass is 9.88. The van der Waals surface area contributed by atoms with Gasteiger partial charge in [0.1, 0.15) is 5.82 Å². The van der Waals surface area contributed by atoms with Crippen LogP contribution in [0.15, 0.2) is 12.1 Å². The third-order valence-corrected chi connectivity index (χ3v) is 3.63. The number of carbonyl (C=O) groups excluding carboxylic acids is 2. The Morgan fingerprint density at radius 2 is 2.05 bits per heavy atom. The van der Waals surface area contributed by atoms with Gasteiger partial charge in [0.2, 0.25) is 11.8 Å². The molecule has 19 heavy (non-hydrogen) atoms. The van der Waals surface area contributed by atoms with E-state index in [1.54, 1.807) is 6.07 Å². The summed E-state index contributed by atoms with van der Waals surface area (Å²) < 4.78 is 14.0. The maximum atomic E-state index is 14.0. The van der Waals surface area contributed by atoms with Gasteiger partial charge in [-0.2, -0.15) is 0 Å². The number of nitrogens with one attached hydrogen (secondary N) is 1. The molecule has 1 aromatic carbocycles. The first kappa shape index (κ1) is 14.0. The van der Waals surface area contributed by atoms with E-state index in [-0.39, 0.29) is 24.2 Å². The quantitative estimate of drug-likeness (QED) is 0.848. The minimum Gasteiger partial charge on any atom is -0.296 e. The van der Waals surface area contributed by atoms with E-state index in [9.17, 15) is 14.0 Å². The van der Waals surface area contributed by atoms with Crippen molar-refractivity contribution in [3.8, 4) is 0 Å². The minimum absolute atomic E-state index is 0.0247. The fourth-order valence-corrected chi connectivity index (χ4v) is 2.80. The third-order valence-electron chi connectivity index (χ3n) is 3.32. The molecule has 1 aliphatic rings. The van der Waals surface area contributed by atoms with Crippen LogP contribution in [0.2, 0.25) is 5.02 Å². The zero-order valence-electron chi connectivity index (χ0n) is 10.8. The first-order chi connectivity index (χ1) is 8.90. The minimum atomic E-state index is -0.508. The standard InChI is InChI=1S/C14H15ClFNO2/c1-7(2)13-10(15)5-8(6-11(13)16)9-3-4-12(18)17-14(9)19/h5-7,9H,3-4H2,1-2H3,(H,17,18,19). The van der Waals surface area contributed by atoms with Gasteiger partial charge in [0.05, 0.1) is 5.92 Å². The molecule has 2 rings (SSSR count). The largest absolute Gasteiger partial charge is 0.296 e. The van der Waals surface area contributed by atoms with Crippen molar-refractivity contribution in [3.63, 3.8) is 0 Å². The molecule has 0 aliphatic carbocycles. The summed E-state index contributed by atoms with van der Waals surface area (Å²) in [5.74, 6) is -1.60. The lowest BCUT2D eigenvalue weighted by Crippen LogP contribution is -2.39. The molecule has 1 unspecified atom stereocenters. The number of benzene rings is 1. The molecule has 2 amide bonds. The van der Waals surface area contributed by atoms with Gasteiger partial charge in [0, 0.05) is 17.0 Å². The van der Waals surface area contributed by atoms with Crippen molar-refractivity contribution in [3.05, 3.63) is 34.1 Å². The summed E-state index contributed by atoms with van der Waals surface area (Å²) in [5, 5.41) is 2.59. The summed E-state index contributed by atoms with van der Waals surface area (Å²) in [6, 6.07) is 2.97. The number of halogens is 2. The summed E-state index contributed by atoms with van der Waals surface area (Å²) in [6.07, 6.45) is 0.656. The fourth-order valence-electron chi connectivity index (χ4n) is 2.37. The van der Waals surface area contributed by atoms with E-state index in [1.165, 1.54) is 6.07 Å². The van der Waals surface area contributed by atoms with Crippen LogP contribution in [0.1, 0.15) is 49.7 Å². The smallest absolute Gasteiger partial charge is 0.234 e. The molecule has 1 N–H and O–H groups in total. The van der Waals surface area contributed by atoms with Gasteiger partial charge in [0.25, 0.3) is 0 Å². The SMILES string of the molecule is CC(C)c1c(F)cc(C2CCC(=O)NC2=O)cc1Cl. The van der Waals surface area contributed by atoms with Crippen LogP contribution in [0.5, 0.6) is 0 Å². The predicted octanol–water partition coefficient (Wildman–Crippen LogP) is 3.12. The second-order valence-corrected chi connectivity index (χ2v) is 5.46. The second-order valence-electron chi connectivity index (χ2n) is 5.06. The number of amides is 2. The van der Waals surface area contributed by atoms with Crippen LogP contribution in [0.3, 0.4) is 0 Å². The highest BCUT2D eigenvalue weighted by atomic mass is 35.5. The van der Waals surface area contributed by atoms with Crippen molar-refractivity contribution in [2.45, 2.75) is 38.5 Å². The van der Waals surface area contributed by atoms with Gasteiger partial charge >= 0.3 is 0 Å². The van der Waals surface area contributed by atoms with Crippen molar-refractivity contribution in [1.29, 1.82) is 0 Å². The van der Waals surface area contributed by atoms with Crippen molar-refractivity contribution in [2.75, 3.05) is 0 Å². The van der Waals surface area contributed by atoms with Gasteiger partial charge in [-0.05, 0) is 30.0 Å². The van der Waals surface area contributed by atoms with E-state index in [0.717, 1.165) is 0 Å². The Bertz CT molecular complexity index is 519. The molecule has 0 aromatic heterocycles. The summed E-state index contributed by atoms with van der Waals surface area (Å²) in [6.45, 7) is 3.71. The number of hydrogen-bond donors (Lipinski definition) is 1. The van der Waals surface area contributed by atoms with E-state index in [1.807, 2.05) is 13.8 Å². The number of piperidine rings is 1. The Balaban J connectivity index is 2.37. The van der Waals surface area contributed by atoms with E-state index in [2.05, 4.69) is 5.32 Å². The lowest BCUT2D eigenvalue weighted by Gasteiger charge is -2.22. The summed E-state index contributed by atoms with van der Waals surface area (Å²) in [4.78, 5) is 22.8. The van der Waals surface area contributed by atoms with Crippen molar-refractivity contribution >= 4 is 23.4 Å². The molecular weight excluding hydrogens is 269 g/mol. The van der Waals surface area contributed by atoms with Crippen molar-refractivity contribution < 1.29 is 14.0 Å². The second kappa shape index (κ2) is 5.29. The maximum Gasteiger partial charge on any atom is 0.234 e. The molecule has 1 heterocycles. The van der Waals surface area contributed by atoms with Crippen LogP contribution >= 0.6 is 11.6 Å². The van der Waals surface area contributed by atoms with E-state index < -0.39 is 11.7 Å². The first-order valence-corrected chi connectivity index (χ1v) is 6.60. The average molecular weight is 284 g/mol. The van der Waals surface area contributed by atoms with Crippen LogP contribution in [0.4, 0.5) is 4.39 Å². The fraction of sp³-hybridized carbons (Fsp3) is 0.429. The molecule has 0 bridgehead atoms. The third kappa shape index (κ3) is 2.78. The number of rotatable bonds is 2. The summed E-state index contributed by atoms with van der Waals surface area (Å²) in [5.41, 5.74) is 0.981. The van der Waals surface area contributed by atoms with Gasteiger partial charge in [0.15, 0.2) is 0 Å². The molecule has 0 saturated carbocycles. The lowest BCUT2D eigenvalue weighted by molar-refractivity contribution is -0.134. The molecule has 0 spiro atoms. The highest BCUT2D eigenvalue weighted by Gasteiger charge is 2.29. The molecule has 3 nitrogen and oxygen atoms in total. The molecule has 0 radical (unpaired) electrons. The molecule has 1 fully saturated rings. The Morgan fingerprint density at radius 1 is 1.37 bits per heavy atom. The van der Waals surface area contributed by atoms with Gasteiger partial charge < -0.3 is 0 Å². The van der Waals surface area contributed by atoms with Crippen LogP contribution in [0, 0.1) is 5.82 Å². The highest BCUT2D eigenvalue weighted by molar-refractivity contribution is 6.31. The van der Waals surface area contributed by atoms with E-state index in [4.69, 9.17) is 11.6 Å². The molecule has 1 atom stereocenters. The van der Waals surface area contributed by atoms with Crippen LogP contribution < -0.4 is 5.32 Å². The number of carbonyl (C=O) groups is 2. The van der Waals surface area contributed by atoms with Crippen molar-refractivity contribution in [2.24, 2.45) is 0 Å². The molecule has 1 saturated heterocycles. The maximum absolute atomic E-state index is 14.0. The molecular formula is C14H15ClFNO2. The highest BCUT2D eigenvalue weighted by Crippen LogP contribution is 2.33. The Hall–Kier alpha value is -1.42. The Morgan fingerprint density at radius 3 is 2.58 bits per heavy atom. The monoisotopic (exact) mass is 283 g/mol. The van der Waals surface area contributed by atoms with Gasteiger partial charge in [-0.1, -0.05) is 25.4 Å². The van der Waals surface area contributed by atoms with Gasteiger partial charge in [-0.15, -0.1) is 0 Å². The first-order valence-electron chi connectivity index (χ1n) is 6.22. The van der Waals surface area contributed by atoms with Crippen molar-refractivity contribution in [1.82, 2.24) is 5.32 Å². The zero-order chi connectivity index (χ0) is 14.2. The number of imide groups is 1.